The van der Waals surface area contributed by atoms with Crippen LogP contribution in [-0.2, 0) is 16.4 Å². The molecule has 7 nitrogen and oxygen atoms in total. The highest BCUT2D eigenvalue weighted by Gasteiger charge is 2.14. The first kappa shape index (κ1) is 19.8. The number of carbonyl (C=O) groups is 1. The molecule has 8 heteroatoms. The molecule has 0 bridgehead atoms. The van der Waals surface area contributed by atoms with Gasteiger partial charge in [-0.1, -0.05) is 47.6 Å². The molecule has 0 aliphatic carbocycles. The summed E-state index contributed by atoms with van der Waals surface area (Å²) >= 11 is 0. The normalized spacial score (nSPS) is 11.5. The smallest absolute Gasteiger partial charge is 0.251 e. The highest BCUT2D eigenvalue weighted by Crippen LogP contribution is 2.29. The lowest BCUT2D eigenvalue weighted by Gasteiger charge is -2.06. The first-order chi connectivity index (χ1) is 14.4. The van der Waals surface area contributed by atoms with Gasteiger partial charge in [0.05, 0.1) is 10.3 Å². The molecule has 3 N–H and O–H groups in total. The van der Waals surface area contributed by atoms with E-state index in [-0.39, 0.29) is 10.8 Å². The molecule has 0 spiro atoms. The van der Waals surface area contributed by atoms with Gasteiger partial charge in [0.15, 0.2) is 5.76 Å². The molecule has 0 unspecified atom stereocenters. The van der Waals surface area contributed by atoms with Gasteiger partial charge in [0.25, 0.3) is 5.91 Å². The summed E-state index contributed by atoms with van der Waals surface area (Å²) in [5.74, 6) is 0.411. The summed E-state index contributed by atoms with van der Waals surface area (Å²) in [5.41, 5.74) is 2.97. The van der Waals surface area contributed by atoms with Crippen molar-refractivity contribution in [1.82, 2.24) is 10.5 Å². The Morgan fingerprint density at radius 2 is 1.73 bits per heavy atom. The zero-order valence-electron chi connectivity index (χ0n) is 15.9. The van der Waals surface area contributed by atoms with Crippen LogP contribution in [0.25, 0.3) is 22.2 Å². The van der Waals surface area contributed by atoms with Gasteiger partial charge in [0, 0.05) is 17.7 Å². The van der Waals surface area contributed by atoms with Gasteiger partial charge in [0.1, 0.15) is 5.52 Å². The van der Waals surface area contributed by atoms with Crippen LogP contribution < -0.4 is 10.5 Å². The second-order valence-corrected chi connectivity index (χ2v) is 8.37. The van der Waals surface area contributed by atoms with Crippen molar-refractivity contribution in [2.45, 2.75) is 11.3 Å². The van der Waals surface area contributed by atoms with Crippen LogP contribution >= 0.6 is 0 Å². The lowest BCUT2D eigenvalue weighted by atomic mass is 10.1. The number of fused-ring (bicyclic) bond motifs is 1. The number of aromatic nitrogens is 1. The number of primary sulfonamides is 1. The Hall–Kier alpha value is -3.49. The molecule has 30 heavy (non-hydrogen) atoms. The summed E-state index contributed by atoms with van der Waals surface area (Å²) in [7, 11) is -3.71. The van der Waals surface area contributed by atoms with Gasteiger partial charge in [-0.15, -0.1) is 0 Å². The molecule has 0 radical (unpaired) electrons. The number of carbonyl (C=O) groups excluding carboxylic acids is 1. The molecule has 4 aromatic rings. The molecule has 0 saturated heterocycles. The van der Waals surface area contributed by atoms with Crippen molar-refractivity contribution in [2.75, 3.05) is 6.54 Å². The Labute approximate surface area is 173 Å². The summed E-state index contributed by atoms with van der Waals surface area (Å²) < 4.78 is 28.1. The maximum atomic E-state index is 12.6. The molecule has 1 heterocycles. The molecule has 0 saturated carbocycles. The largest absolute Gasteiger partial charge is 0.355 e. The second kappa shape index (κ2) is 8.10. The molecule has 4 rings (SSSR count). The van der Waals surface area contributed by atoms with E-state index in [0.717, 1.165) is 16.5 Å². The fourth-order valence-corrected chi connectivity index (χ4v) is 3.66. The Bertz CT molecular complexity index is 1300. The molecule has 1 aromatic heterocycles. The number of sulfonamides is 1. The maximum absolute atomic E-state index is 12.6. The predicted octanol–water partition coefficient (Wildman–Crippen LogP) is 3.11. The van der Waals surface area contributed by atoms with E-state index in [1.165, 1.54) is 12.1 Å². The zero-order valence-corrected chi connectivity index (χ0v) is 16.7. The molecule has 0 atom stereocenters. The third kappa shape index (κ3) is 4.24. The van der Waals surface area contributed by atoms with Gasteiger partial charge in [-0.05, 0) is 42.3 Å². The molecular formula is C22H19N3O4S. The Morgan fingerprint density at radius 1 is 1.00 bits per heavy atom. The van der Waals surface area contributed by atoms with Crippen molar-refractivity contribution in [3.63, 3.8) is 0 Å². The van der Waals surface area contributed by atoms with Crippen molar-refractivity contribution >= 4 is 26.8 Å². The molecule has 0 fully saturated rings. The van der Waals surface area contributed by atoms with E-state index in [1.54, 1.807) is 30.3 Å². The third-order valence-corrected chi connectivity index (χ3v) is 5.65. The average Bonchev–Trinajstić information content (AvgIpc) is 3.17. The van der Waals surface area contributed by atoms with Crippen LogP contribution in [0.5, 0.6) is 0 Å². The SMILES string of the molecule is NS(=O)(=O)c1ccc(CCNC(=O)c2ccc3noc(-c4ccccc4)c3c2)cc1. The molecule has 3 aromatic carbocycles. The third-order valence-electron chi connectivity index (χ3n) is 4.73. The number of nitrogens with zero attached hydrogens (tertiary/aromatic N) is 1. The lowest BCUT2D eigenvalue weighted by Crippen LogP contribution is -2.25. The number of nitrogens with two attached hydrogens (primary N) is 1. The highest BCUT2D eigenvalue weighted by atomic mass is 32.2. The minimum Gasteiger partial charge on any atom is -0.355 e. The first-order valence-electron chi connectivity index (χ1n) is 9.26. The van der Waals surface area contributed by atoms with Crippen LogP contribution in [0.2, 0.25) is 0 Å². The lowest BCUT2D eigenvalue weighted by molar-refractivity contribution is 0.0954. The Balaban J connectivity index is 1.45. The summed E-state index contributed by atoms with van der Waals surface area (Å²) in [4.78, 5) is 12.6. The highest BCUT2D eigenvalue weighted by molar-refractivity contribution is 7.89. The minimum absolute atomic E-state index is 0.0616. The van der Waals surface area contributed by atoms with Crippen LogP contribution in [-0.4, -0.2) is 26.0 Å². The standard InChI is InChI=1S/C22H19N3O4S/c23-30(27,28)18-9-6-15(7-10-18)12-13-24-22(26)17-8-11-20-19(14-17)21(29-25-20)16-4-2-1-3-5-16/h1-11,14H,12-13H2,(H,24,26)(H2,23,27,28). The van der Waals surface area contributed by atoms with Crippen molar-refractivity contribution in [3.8, 4) is 11.3 Å². The zero-order chi connectivity index (χ0) is 21.1. The van der Waals surface area contributed by atoms with Crippen LogP contribution in [0, 0.1) is 0 Å². The van der Waals surface area contributed by atoms with E-state index in [1.807, 2.05) is 30.3 Å². The number of amides is 1. The van der Waals surface area contributed by atoms with E-state index >= 15 is 0 Å². The first-order valence-corrected chi connectivity index (χ1v) is 10.8. The minimum atomic E-state index is -3.71. The Kier molecular flexibility index (Phi) is 5.35. The van der Waals surface area contributed by atoms with Crippen LogP contribution in [0.1, 0.15) is 15.9 Å². The number of benzene rings is 3. The summed E-state index contributed by atoms with van der Waals surface area (Å²) in [6.07, 6.45) is 0.557. The molecule has 1 amide bonds. The fourth-order valence-electron chi connectivity index (χ4n) is 3.15. The van der Waals surface area contributed by atoms with Crippen LogP contribution in [0.3, 0.4) is 0 Å². The summed E-state index contributed by atoms with van der Waals surface area (Å²) in [5, 5.41) is 12.8. The van der Waals surface area contributed by atoms with Crippen molar-refractivity contribution in [1.29, 1.82) is 0 Å². The molecule has 0 aliphatic rings. The van der Waals surface area contributed by atoms with E-state index in [4.69, 9.17) is 9.66 Å². The molecule has 152 valence electrons. The summed E-state index contributed by atoms with van der Waals surface area (Å²) in [6, 6.07) is 21.1. The molecular weight excluding hydrogens is 402 g/mol. The van der Waals surface area contributed by atoms with Crippen molar-refractivity contribution in [3.05, 3.63) is 83.9 Å². The number of hydrogen-bond acceptors (Lipinski definition) is 5. The maximum Gasteiger partial charge on any atom is 0.251 e. The van der Waals surface area contributed by atoms with E-state index in [9.17, 15) is 13.2 Å². The second-order valence-electron chi connectivity index (χ2n) is 6.80. The van der Waals surface area contributed by atoms with Gasteiger partial charge in [0.2, 0.25) is 10.0 Å². The monoisotopic (exact) mass is 421 g/mol. The van der Waals surface area contributed by atoms with Crippen molar-refractivity contribution < 1.29 is 17.7 Å². The number of rotatable bonds is 6. The van der Waals surface area contributed by atoms with Gasteiger partial charge >= 0.3 is 0 Å². The van der Waals surface area contributed by atoms with Crippen LogP contribution in [0.15, 0.2) is 82.2 Å². The topological polar surface area (TPSA) is 115 Å². The number of hydrogen-bond donors (Lipinski definition) is 2. The fraction of sp³-hybridized carbons (Fsp3) is 0.0909. The van der Waals surface area contributed by atoms with Gasteiger partial charge in [-0.3, -0.25) is 4.79 Å². The van der Waals surface area contributed by atoms with E-state index in [2.05, 4.69) is 10.5 Å². The average molecular weight is 421 g/mol. The van der Waals surface area contributed by atoms with E-state index in [0.29, 0.717) is 29.8 Å². The predicted molar refractivity (Wildman–Crippen MR) is 113 cm³/mol. The van der Waals surface area contributed by atoms with E-state index < -0.39 is 10.0 Å². The molecule has 0 aliphatic heterocycles. The number of nitrogens with one attached hydrogen (secondary N) is 1. The van der Waals surface area contributed by atoms with Crippen LogP contribution in [0.4, 0.5) is 0 Å². The van der Waals surface area contributed by atoms with Gasteiger partial charge in [-0.2, -0.15) is 0 Å². The Morgan fingerprint density at radius 3 is 2.43 bits per heavy atom. The van der Waals surface area contributed by atoms with Gasteiger partial charge < -0.3 is 9.84 Å². The van der Waals surface area contributed by atoms with Crippen molar-refractivity contribution in [2.24, 2.45) is 5.14 Å². The van der Waals surface area contributed by atoms with Gasteiger partial charge in [-0.25, -0.2) is 13.6 Å². The quantitative estimate of drug-likeness (QED) is 0.496. The summed E-state index contributed by atoms with van der Waals surface area (Å²) in [6.45, 7) is 0.404.